The third-order valence-electron chi connectivity index (χ3n) is 3.43. The summed E-state index contributed by atoms with van der Waals surface area (Å²) in [6.07, 6.45) is 0. The molecule has 0 aliphatic carbocycles. The molecule has 21 heavy (non-hydrogen) atoms. The molecule has 0 aromatic heterocycles. The maximum Gasteiger partial charge on any atom is 0.326 e. The number of carboxylic acids is 1. The predicted molar refractivity (Wildman–Crippen MR) is 76.5 cm³/mol. The SMILES string of the molecule is Cc1cc(C(=O)N(C)C(C)C(=O)O)cc(S(N)(=O)=O)c1C. The number of hydrogen-bond donors (Lipinski definition) is 2. The van der Waals surface area contributed by atoms with Crippen LogP contribution in [0.1, 0.15) is 28.4 Å². The number of nitrogens with zero attached hydrogens (tertiary/aromatic N) is 1. The van der Waals surface area contributed by atoms with E-state index in [1.54, 1.807) is 13.8 Å². The highest BCUT2D eigenvalue weighted by atomic mass is 32.2. The lowest BCUT2D eigenvalue weighted by molar-refractivity contribution is -0.141. The molecule has 1 aromatic rings. The topological polar surface area (TPSA) is 118 Å². The van der Waals surface area contributed by atoms with Gasteiger partial charge >= 0.3 is 5.97 Å². The molecule has 0 bridgehead atoms. The normalized spacial score (nSPS) is 12.8. The minimum Gasteiger partial charge on any atom is -0.480 e. The van der Waals surface area contributed by atoms with Gasteiger partial charge in [0.15, 0.2) is 0 Å². The number of aliphatic carboxylic acids is 1. The number of aryl methyl sites for hydroxylation is 1. The molecule has 3 N–H and O–H groups in total. The largest absolute Gasteiger partial charge is 0.480 e. The van der Waals surface area contributed by atoms with Gasteiger partial charge in [-0.25, -0.2) is 18.4 Å². The van der Waals surface area contributed by atoms with E-state index in [0.29, 0.717) is 11.1 Å². The summed E-state index contributed by atoms with van der Waals surface area (Å²) in [5.41, 5.74) is 1.13. The van der Waals surface area contributed by atoms with E-state index in [1.165, 1.54) is 26.1 Å². The van der Waals surface area contributed by atoms with Crippen LogP contribution in [0.2, 0.25) is 0 Å². The molecule has 0 radical (unpaired) electrons. The zero-order valence-corrected chi connectivity index (χ0v) is 13.1. The number of carbonyl (C=O) groups is 2. The first-order chi connectivity index (χ1) is 9.46. The van der Waals surface area contributed by atoms with Gasteiger partial charge in [0.25, 0.3) is 5.91 Å². The lowest BCUT2D eigenvalue weighted by atomic mass is 10.0. The molecule has 0 saturated carbocycles. The highest BCUT2D eigenvalue weighted by Gasteiger charge is 2.25. The molecule has 0 aliphatic rings. The number of likely N-dealkylation sites (N-methyl/N-ethyl adjacent to an activating group) is 1. The Morgan fingerprint density at radius 2 is 1.81 bits per heavy atom. The Balaban J connectivity index is 3.36. The Labute approximate surface area is 123 Å². The Hall–Kier alpha value is -1.93. The molecule has 1 rings (SSSR count). The van der Waals surface area contributed by atoms with Crippen LogP contribution in [0.4, 0.5) is 0 Å². The van der Waals surface area contributed by atoms with Crippen molar-refractivity contribution in [2.75, 3.05) is 7.05 Å². The van der Waals surface area contributed by atoms with Crippen LogP contribution in [-0.2, 0) is 14.8 Å². The standard InChI is InChI=1S/C13H18N2O5S/c1-7-5-10(6-11(8(7)2)21(14,19)20)12(16)15(4)9(3)13(17)18/h5-6,9H,1-4H3,(H,17,18)(H2,14,19,20). The number of sulfonamides is 1. The molecule has 1 aromatic carbocycles. The molecule has 116 valence electrons. The molecule has 7 nitrogen and oxygen atoms in total. The van der Waals surface area contributed by atoms with Crippen LogP contribution in [0, 0.1) is 13.8 Å². The van der Waals surface area contributed by atoms with Gasteiger partial charge in [-0.2, -0.15) is 0 Å². The van der Waals surface area contributed by atoms with Crippen molar-refractivity contribution in [2.24, 2.45) is 5.14 Å². The zero-order valence-electron chi connectivity index (χ0n) is 12.2. The minimum atomic E-state index is -3.96. The average Bonchev–Trinajstić information content (AvgIpc) is 2.37. The summed E-state index contributed by atoms with van der Waals surface area (Å²) >= 11 is 0. The summed E-state index contributed by atoms with van der Waals surface area (Å²) in [6.45, 7) is 4.61. The van der Waals surface area contributed by atoms with Crippen LogP contribution < -0.4 is 5.14 Å². The second-order valence-electron chi connectivity index (χ2n) is 4.89. The third-order valence-corrected chi connectivity index (χ3v) is 4.47. The van der Waals surface area contributed by atoms with E-state index in [4.69, 9.17) is 10.2 Å². The van der Waals surface area contributed by atoms with E-state index in [9.17, 15) is 18.0 Å². The summed E-state index contributed by atoms with van der Waals surface area (Å²) < 4.78 is 23.1. The maximum atomic E-state index is 12.3. The van der Waals surface area contributed by atoms with Crippen LogP contribution in [0.25, 0.3) is 0 Å². The van der Waals surface area contributed by atoms with E-state index in [2.05, 4.69) is 0 Å². The van der Waals surface area contributed by atoms with Crippen molar-refractivity contribution in [1.82, 2.24) is 4.90 Å². The van der Waals surface area contributed by atoms with Crippen molar-refractivity contribution in [3.63, 3.8) is 0 Å². The highest BCUT2D eigenvalue weighted by Crippen LogP contribution is 2.21. The smallest absolute Gasteiger partial charge is 0.326 e. The number of amides is 1. The Bertz CT molecular complexity index is 697. The molecule has 0 heterocycles. The third kappa shape index (κ3) is 3.59. The molecular formula is C13H18N2O5S. The van der Waals surface area contributed by atoms with Crippen LogP contribution >= 0.6 is 0 Å². The van der Waals surface area contributed by atoms with Crippen LogP contribution in [0.5, 0.6) is 0 Å². The number of benzene rings is 1. The molecule has 8 heteroatoms. The molecule has 1 amide bonds. The second-order valence-corrected chi connectivity index (χ2v) is 6.42. The molecular weight excluding hydrogens is 296 g/mol. The molecule has 1 atom stereocenters. The number of nitrogens with two attached hydrogens (primary N) is 1. The van der Waals surface area contributed by atoms with Gasteiger partial charge in [-0.05, 0) is 44.0 Å². The number of carbonyl (C=O) groups excluding carboxylic acids is 1. The van der Waals surface area contributed by atoms with Crippen molar-refractivity contribution < 1.29 is 23.1 Å². The number of rotatable bonds is 4. The zero-order chi connectivity index (χ0) is 16.5. The summed E-state index contributed by atoms with van der Waals surface area (Å²) in [5, 5.41) is 14.1. The molecule has 0 aliphatic heterocycles. The van der Waals surface area contributed by atoms with Gasteiger partial charge < -0.3 is 10.0 Å². The van der Waals surface area contributed by atoms with Crippen molar-refractivity contribution in [2.45, 2.75) is 31.7 Å². The van der Waals surface area contributed by atoms with Crippen molar-refractivity contribution in [1.29, 1.82) is 0 Å². The Morgan fingerprint density at radius 3 is 2.24 bits per heavy atom. The van der Waals surface area contributed by atoms with Crippen molar-refractivity contribution in [3.05, 3.63) is 28.8 Å². The first kappa shape index (κ1) is 17.1. The van der Waals surface area contributed by atoms with Gasteiger partial charge in [-0.15, -0.1) is 0 Å². The number of carboxylic acid groups (broad SMARTS) is 1. The fraction of sp³-hybridized carbons (Fsp3) is 0.385. The lowest BCUT2D eigenvalue weighted by Gasteiger charge is -2.22. The van der Waals surface area contributed by atoms with Crippen molar-refractivity contribution >= 4 is 21.9 Å². The first-order valence-electron chi connectivity index (χ1n) is 6.10. The molecule has 1 unspecified atom stereocenters. The van der Waals surface area contributed by atoms with Gasteiger partial charge in [0.05, 0.1) is 4.90 Å². The minimum absolute atomic E-state index is 0.0812. The maximum absolute atomic E-state index is 12.3. The van der Waals surface area contributed by atoms with E-state index < -0.39 is 27.9 Å². The van der Waals surface area contributed by atoms with Gasteiger partial charge in [0.1, 0.15) is 6.04 Å². The van der Waals surface area contributed by atoms with Gasteiger partial charge in [0, 0.05) is 12.6 Å². The number of hydrogen-bond acceptors (Lipinski definition) is 4. The fourth-order valence-electron chi connectivity index (χ4n) is 1.79. The van der Waals surface area contributed by atoms with Crippen LogP contribution in [0.15, 0.2) is 17.0 Å². The predicted octanol–water partition coefficient (Wildman–Crippen LogP) is 0.496. The van der Waals surface area contributed by atoms with Gasteiger partial charge in [0.2, 0.25) is 10.0 Å². The van der Waals surface area contributed by atoms with Crippen molar-refractivity contribution in [3.8, 4) is 0 Å². The summed E-state index contributed by atoms with van der Waals surface area (Å²) in [6, 6.07) is 1.65. The van der Waals surface area contributed by atoms with Gasteiger partial charge in [-0.3, -0.25) is 4.79 Å². The van der Waals surface area contributed by atoms with Crippen LogP contribution in [-0.4, -0.2) is 43.4 Å². The molecule has 0 spiro atoms. The highest BCUT2D eigenvalue weighted by molar-refractivity contribution is 7.89. The van der Waals surface area contributed by atoms with E-state index in [-0.39, 0.29) is 10.5 Å². The first-order valence-corrected chi connectivity index (χ1v) is 7.65. The second kappa shape index (κ2) is 5.82. The summed E-state index contributed by atoms with van der Waals surface area (Å²) in [4.78, 5) is 24.1. The average molecular weight is 314 g/mol. The van der Waals surface area contributed by atoms with E-state index >= 15 is 0 Å². The van der Waals surface area contributed by atoms with E-state index in [0.717, 1.165) is 4.90 Å². The molecule has 0 saturated heterocycles. The van der Waals surface area contributed by atoms with Gasteiger partial charge in [-0.1, -0.05) is 0 Å². The summed E-state index contributed by atoms with van der Waals surface area (Å²) in [5.74, 6) is -1.74. The number of primary sulfonamides is 1. The van der Waals surface area contributed by atoms with E-state index in [1.807, 2.05) is 0 Å². The molecule has 0 fully saturated rings. The lowest BCUT2D eigenvalue weighted by Crippen LogP contribution is -2.40. The summed E-state index contributed by atoms with van der Waals surface area (Å²) in [7, 11) is -2.62. The Morgan fingerprint density at radius 1 is 1.29 bits per heavy atom. The monoisotopic (exact) mass is 314 g/mol. The quantitative estimate of drug-likeness (QED) is 0.839. The Kier molecular flexibility index (Phi) is 4.75. The van der Waals surface area contributed by atoms with Crippen LogP contribution in [0.3, 0.4) is 0 Å². The fourth-order valence-corrected chi connectivity index (χ4v) is 2.67.